The molecule has 0 atom stereocenters. The van der Waals surface area contributed by atoms with E-state index in [1.807, 2.05) is 4.57 Å². The molecule has 7 heteroatoms. The standard InChI is InChI=1S/C19H18ClNO5/c1-3-26-17(23)7-10-6-13-14(9-12(10)19(24)25)21(2)15-8-11(20)4-5-16(22)18(13)15/h4-5,8H,3,6-7,9H2,1-2H3,(H,24,25). The zero-order chi connectivity index (χ0) is 19.0. The second-order valence-electron chi connectivity index (χ2n) is 6.19. The van der Waals surface area contributed by atoms with E-state index in [1.54, 1.807) is 20.0 Å². The van der Waals surface area contributed by atoms with E-state index in [4.69, 9.17) is 16.3 Å². The lowest BCUT2D eigenvalue weighted by Gasteiger charge is -2.19. The van der Waals surface area contributed by atoms with Crippen LogP contribution in [0.1, 0.15) is 24.6 Å². The molecule has 26 heavy (non-hydrogen) atoms. The lowest BCUT2D eigenvalue weighted by molar-refractivity contribution is -0.142. The van der Waals surface area contributed by atoms with Crippen LogP contribution in [0.25, 0.3) is 10.9 Å². The van der Waals surface area contributed by atoms with Crippen molar-refractivity contribution in [2.45, 2.75) is 26.2 Å². The average molecular weight is 376 g/mol. The Morgan fingerprint density at radius 3 is 2.69 bits per heavy atom. The second kappa shape index (κ2) is 6.96. The summed E-state index contributed by atoms with van der Waals surface area (Å²) in [6.45, 7) is 1.93. The van der Waals surface area contributed by atoms with E-state index in [2.05, 4.69) is 0 Å². The number of ether oxygens (including phenoxy) is 1. The third-order valence-corrected chi connectivity index (χ3v) is 4.90. The number of fused-ring (bicyclic) bond motifs is 3. The Balaban J connectivity index is 2.19. The minimum atomic E-state index is -1.06. The van der Waals surface area contributed by atoms with Gasteiger partial charge in [-0.3, -0.25) is 9.59 Å². The number of esters is 1. The van der Waals surface area contributed by atoms with Crippen molar-refractivity contribution in [1.82, 2.24) is 4.57 Å². The summed E-state index contributed by atoms with van der Waals surface area (Å²) in [5, 5.41) is 10.5. The van der Waals surface area contributed by atoms with Crippen LogP contribution in [0, 0.1) is 0 Å². The molecule has 0 unspecified atom stereocenters. The molecule has 1 aliphatic carbocycles. The molecule has 1 aromatic carbocycles. The van der Waals surface area contributed by atoms with Crippen molar-refractivity contribution < 1.29 is 19.4 Å². The van der Waals surface area contributed by atoms with Crippen LogP contribution >= 0.6 is 11.6 Å². The quantitative estimate of drug-likeness (QED) is 0.830. The number of carboxylic acid groups (broad SMARTS) is 1. The molecule has 2 aromatic rings. The van der Waals surface area contributed by atoms with Crippen molar-refractivity contribution in [3.05, 3.63) is 55.8 Å². The van der Waals surface area contributed by atoms with Crippen molar-refractivity contribution in [3.63, 3.8) is 0 Å². The summed E-state index contributed by atoms with van der Waals surface area (Å²) >= 11 is 6.10. The summed E-state index contributed by atoms with van der Waals surface area (Å²) in [5.74, 6) is -1.54. The molecule has 6 nitrogen and oxygen atoms in total. The molecule has 0 bridgehead atoms. The first-order chi connectivity index (χ1) is 12.3. The van der Waals surface area contributed by atoms with Gasteiger partial charge in [0.25, 0.3) is 0 Å². The molecule has 0 fully saturated rings. The van der Waals surface area contributed by atoms with Gasteiger partial charge in [0.1, 0.15) is 0 Å². The van der Waals surface area contributed by atoms with E-state index in [-0.39, 0.29) is 36.9 Å². The van der Waals surface area contributed by atoms with Gasteiger partial charge in [-0.15, -0.1) is 0 Å². The van der Waals surface area contributed by atoms with E-state index in [0.29, 0.717) is 21.5 Å². The van der Waals surface area contributed by atoms with Crippen LogP contribution in [0.2, 0.25) is 5.02 Å². The van der Waals surface area contributed by atoms with Gasteiger partial charge in [0.2, 0.25) is 0 Å². The van der Waals surface area contributed by atoms with E-state index >= 15 is 0 Å². The first kappa shape index (κ1) is 18.2. The second-order valence-corrected chi connectivity index (χ2v) is 6.63. The maximum atomic E-state index is 12.6. The number of hydrogen-bond donors (Lipinski definition) is 1. The number of aryl methyl sites for hydroxylation is 1. The lowest BCUT2D eigenvalue weighted by Crippen LogP contribution is -2.19. The topological polar surface area (TPSA) is 85.6 Å². The number of aromatic nitrogens is 1. The molecule has 136 valence electrons. The Morgan fingerprint density at radius 1 is 1.31 bits per heavy atom. The summed E-state index contributed by atoms with van der Waals surface area (Å²) in [5.41, 5.74) is 2.64. The molecule has 0 radical (unpaired) electrons. The van der Waals surface area contributed by atoms with Gasteiger partial charge in [0, 0.05) is 29.8 Å². The zero-order valence-electron chi connectivity index (χ0n) is 14.5. The first-order valence-electron chi connectivity index (χ1n) is 8.23. The van der Waals surface area contributed by atoms with Crippen LogP contribution in [-0.2, 0) is 34.2 Å². The van der Waals surface area contributed by atoms with Crippen molar-refractivity contribution in [2.75, 3.05) is 6.61 Å². The highest BCUT2D eigenvalue weighted by molar-refractivity contribution is 6.31. The van der Waals surface area contributed by atoms with Crippen LogP contribution in [0.5, 0.6) is 0 Å². The molecule has 0 saturated carbocycles. The van der Waals surface area contributed by atoms with Crippen molar-refractivity contribution in [1.29, 1.82) is 0 Å². The van der Waals surface area contributed by atoms with Crippen LogP contribution in [0.3, 0.4) is 0 Å². The van der Waals surface area contributed by atoms with Crippen LogP contribution in [0.15, 0.2) is 34.1 Å². The monoisotopic (exact) mass is 375 g/mol. The molecular formula is C19H18ClNO5. The first-order valence-corrected chi connectivity index (χ1v) is 8.61. The molecular weight excluding hydrogens is 358 g/mol. The van der Waals surface area contributed by atoms with Gasteiger partial charge in [-0.05, 0) is 42.7 Å². The predicted octanol–water partition coefficient (Wildman–Crippen LogP) is 2.62. The molecule has 1 N–H and O–H groups in total. The maximum Gasteiger partial charge on any atom is 0.331 e. The Bertz CT molecular complexity index is 1020. The minimum absolute atomic E-state index is 0.0980. The number of hydrogen-bond acceptors (Lipinski definition) is 4. The van der Waals surface area contributed by atoms with E-state index < -0.39 is 11.9 Å². The molecule has 1 heterocycles. The van der Waals surface area contributed by atoms with Gasteiger partial charge < -0.3 is 14.4 Å². The number of carboxylic acids is 1. The highest BCUT2D eigenvalue weighted by Crippen LogP contribution is 2.34. The largest absolute Gasteiger partial charge is 0.478 e. The maximum absolute atomic E-state index is 12.6. The van der Waals surface area contributed by atoms with Gasteiger partial charge in [-0.25, -0.2) is 4.79 Å². The van der Waals surface area contributed by atoms with Gasteiger partial charge >= 0.3 is 11.9 Å². The third kappa shape index (κ3) is 3.12. The number of carbonyl (C=O) groups is 2. The summed E-state index contributed by atoms with van der Waals surface area (Å²) in [4.78, 5) is 36.2. The molecule has 1 aromatic heterocycles. The molecule has 1 aliphatic rings. The normalized spacial score (nSPS) is 13.7. The summed E-state index contributed by atoms with van der Waals surface area (Å²) in [6, 6.07) is 4.64. The molecule has 3 rings (SSSR count). The van der Waals surface area contributed by atoms with Crippen molar-refractivity contribution in [3.8, 4) is 0 Å². The minimum Gasteiger partial charge on any atom is -0.478 e. The third-order valence-electron chi connectivity index (χ3n) is 4.67. The fourth-order valence-corrected chi connectivity index (χ4v) is 3.65. The summed E-state index contributed by atoms with van der Waals surface area (Å²) in [6.07, 6.45) is 0.272. The van der Waals surface area contributed by atoms with E-state index in [1.165, 1.54) is 12.1 Å². The van der Waals surface area contributed by atoms with Gasteiger partial charge in [0.15, 0.2) is 5.43 Å². The summed E-state index contributed by atoms with van der Waals surface area (Å²) < 4.78 is 6.76. The zero-order valence-corrected chi connectivity index (χ0v) is 15.2. The van der Waals surface area contributed by atoms with Gasteiger partial charge in [-0.2, -0.15) is 0 Å². The fraction of sp³-hybridized carbons (Fsp3) is 0.316. The highest BCUT2D eigenvalue weighted by atomic mass is 35.5. The Kier molecular flexibility index (Phi) is 4.87. The van der Waals surface area contributed by atoms with Crippen LogP contribution in [-0.4, -0.2) is 28.2 Å². The molecule has 0 aliphatic heterocycles. The van der Waals surface area contributed by atoms with Crippen LogP contribution < -0.4 is 5.43 Å². The number of nitrogens with zero attached hydrogens (tertiary/aromatic N) is 1. The lowest BCUT2D eigenvalue weighted by atomic mass is 9.87. The SMILES string of the molecule is CCOC(=O)CC1=C(C(=O)O)Cc2c(c3c(=O)ccc(Cl)cc3n2C)C1. The van der Waals surface area contributed by atoms with Crippen molar-refractivity contribution >= 4 is 34.4 Å². The molecule has 0 spiro atoms. The fourth-order valence-electron chi connectivity index (χ4n) is 3.49. The van der Waals surface area contributed by atoms with Crippen molar-refractivity contribution in [2.24, 2.45) is 7.05 Å². The number of carbonyl (C=O) groups excluding carboxylic acids is 1. The van der Waals surface area contributed by atoms with Gasteiger partial charge in [0.05, 0.1) is 23.9 Å². The predicted molar refractivity (Wildman–Crippen MR) is 97.5 cm³/mol. The van der Waals surface area contributed by atoms with Gasteiger partial charge in [-0.1, -0.05) is 11.6 Å². The number of rotatable bonds is 4. The molecule has 0 saturated heterocycles. The van der Waals surface area contributed by atoms with E-state index in [9.17, 15) is 19.5 Å². The van der Waals surface area contributed by atoms with E-state index in [0.717, 1.165) is 11.3 Å². The molecule has 0 amide bonds. The number of halogens is 1. The summed E-state index contributed by atoms with van der Waals surface area (Å²) in [7, 11) is 1.78. The Morgan fingerprint density at radius 2 is 2.04 bits per heavy atom. The number of aliphatic carboxylic acids is 1. The van der Waals surface area contributed by atoms with Crippen LogP contribution in [0.4, 0.5) is 0 Å². The smallest absolute Gasteiger partial charge is 0.331 e. The Labute approximate surface area is 154 Å². The Hall–Kier alpha value is -2.60. The average Bonchev–Trinajstić information content (AvgIpc) is 2.73. The highest BCUT2D eigenvalue weighted by Gasteiger charge is 2.29.